The highest BCUT2D eigenvalue weighted by molar-refractivity contribution is 7.18. The van der Waals surface area contributed by atoms with E-state index in [-0.39, 0.29) is 37.9 Å². The molecule has 0 fully saturated rings. The molecule has 0 aromatic rings. The summed E-state index contributed by atoms with van der Waals surface area (Å²) < 4.78 is 7.13. The summed E-state index contributed by atoms with van der Waals surface area (Å²) in [5.41, 5.74) is 0. The van der Waals surface area contributed by atoms with Crippen molar-refractivity contribution in [3.05, 3.63) is 0 Å². The normalized spacial score (nSPS) is 13.6. The van der Waals surface area contributed by atoms with Gasteiger partial charge in [-0.2, -0.15) is 0 Å². The molecule has 0 aromatic carbocycles. The van der Waals surface area contributed by atoms with Gasteiger partial charge in [0.1, 0.15) is 17.6 Å². The van der Waals surface area contributed by atoms with Gasteiger partial charge in [0.2, 0.25) is 5.91 Å². The number of hydrogen-bond acceptors (Lipinski definition) is 5. The third-order valence-corrected chi connectivity index (χ3v) is 3.12. The molecule has 0 aliphatic heterocycles. The quantitative estimate of drug-likeness (QED) is 0.427. The first-order valence-electron chi connectivity index (χ1n) is 7.17. The van der Waals surface area contributed by atoms with Crippen molar-refractivity contribution in [2.45, 2.75) is 44.6 Å². The smallest absolute Gasteiger partial charge is 0.326 e. The molecule has 3 atom stereocenters. The Morgan fingerprint density at radius 2 is 1.50 bits per heavy atom. The lowest BCUT2D eigenvalue weighted by Crippen LogP contribution is -2.41. The van der Waals surface area contributed by atoms with Crippen LogP contribution < -0.4 is 5.32 Å². The highest BCUT2D eigenvalue weighted by atomic mass is 31.0. The number of amides is 1. The number of carboxylic acids is 2. The minimum absolute atomic E-state index is 0.0722. The van der Waals surface area contributed by atoms with Gasteiger partial charge in [-0.15, -0.1) is 9.24 Å². The molecule has 0 aromatic heterocycles. The van der Waals surface area contributed by atoms with Crippen molar-refractivity contribution in [3.8, 4) is 0 Å². The monoisotopic (exact) mass is 335 g/mol. The lowest BCUT2D eigenvalue weighted by Gasteiger charge is -2.13. The van der Waals surface area contributed by atoms with Crippen LogP contribution in [0.2, 0.25) is 0 Å². The molecule has 22 heavy (non-hydrogen) atoms. The van der Waals surface area contributed by atoms with E-state index in [2.05, 4.69) is 5.32 Å². The summed E-state index contributed by atoms with van der Waals surface area (Å²) in [6.45, 7) is 0. The lowest BCUT2D eigenvalue weighted by atomic mass is 10.1. The number of Topliss-reactive ketones (excluding diaryl/α,β-unsaturated/α-hetero) is 2. The molecule has 0 saturated heterocycles. The number of ketones is 2. The third kappa shape index (κ3) is 9.99. The van der Waals surface area contributed by atoms with Crippen LogP contribution in [0.25, 0.3) is 0 Å². The van der Waals surface area contributed by atoms with Crippen LogP contribution >= 0.6 is 9.24 Å². The molecule has 1 amide bonds. The molecule has 3 N–H and O–H groups in total. The van der Waals surface area contributed by atoms with Gasteiger partial charge in [-0.3, -0.25) is 19.2 Å². The van der Waals surface area contributed by atoms with Crippen LogP contribution in [0, 0.1) is 0 Å². The maximum Gasteiger partial charge on any atom is 0.326 e. The number of hydrogen-bond donors (Lipinski definition) is 3. The molecule has 0 aliphatic carbocycles. The van der Waals surface area contributed by atoms with Crippen LogP contribution in [-0.2, 0) is 24.0 Å². The number of carbonyl (C=O) groups excluding carboxylic acids is 3. The molecule has 0 radical (unpaired) electrons. The Kier molecular flexibility index (Phi) is 8.98. The Labute approximate surface area is 131 Å². The van der Waals surface area contributed by atoms with Gasteiger partial charge in [0, 0.05) is 39.6 Å². The highest BCUT2D eigenvalue weighted by Crippen LogP contribution is 2.03. The first-order valence-corrected chi connectivity index (χ1v) is 7.26. The van der Waals surface area contributed by atoms with Gasteiger partial charge in [-0.25, -0.2) is 4.79 Å². The number of aliphatic carboxylic acids is 2. The molecule has 124 valence electrons. The van der Waals surface area contributed by atoms with Crippen molar-refractivity contribution in [2.75, 3.05) is 6.14 Å². The molecular weight excluding hydrogens is 313 g/mol. The molecule has 0 heterocycles. The van der Waals surface area contributed by atoms with Crippen molar-refractivity contribution < 1.29 is 35.6 Å². The predicted octanol–water partition coefficient (Wildman–Crippen LogP) is -0.00570. The minimum atomic E-state index is -1.35. The summed E-state index contributed by atoms with van der Waals surface area (Å²) in [6.07, 6.45) is -2.17. The fourth-order valence-electron chi connectivity index (χ4n) is 1.52. The van der Waals surface area contributed by atoms with E-state index in [1.54, 1.807) is 0 Å². The van der Waals surface area contributed by atoms with E-state index in [0.29, 0.717) is 0 Å². The molecule has 2 unspecified atom stereocenters. The average Bonchev–Trinajstić information content (AvgIpc) is 2.45. The predicted molar refractivity (Wildman–Crippen MR) is 79.5 cm³/mol. The molecule has 0 spiro atoms. The van der Waals surface area contributed by atoms with E-state index in [9.17, 15) is 24.0 Å². The van der Waals surface area contributed by atoms with Gasteiger partial charge in [0.25, 0.3) is 0 Å². The van der Waals surface area contributed by atoms with E-state index < -0.39 is 42.2 Å². The Morgan fingerprint density at radius 3 is 2.00 bits per heavy atom. The SMILES string of the molecule is [3H]C(P)C(=O)CCC(=O)CCC(=O)N[C@H](CCC(=O)O)C(=O)O. The van der Waals surface area contributed by atoms with Crippen molar-refractivity contribution in [3.63, 3.8) is 0 Å². The van der Waals surface area contributed by atoms with Crippen LogP contribution in [0.4, 0.5) is 0 Å². The zero-order valence-electron chi connectivity index (χ0n) is 12.9. The zero-order chi connectivity index (χ0) is 18.0. The second-order valence-electron chi connectivity index (χ2n) is 4.56. The highest BCUT2D eigenvalue weighted by Gasteiger charge is 2.21. The number of carboxylic acid groups (broad SMARTS) is 2. The summed E-state index contributed by atoms with van der Waals surface area (Å²) >= 11 is 0. The van der Waals surface area contributed by atoms with Gasteiger partial charge < -0.3 is 15.5 Å². The van der Waals surface area contributed by atoms with Crippen molar-refractivity contribution in [1.29, 1.82) is 0 Å². The van der Waals surface area contributed by atoms with E-state index >= 15 is 0 Å². The molecule has 9 heteroatoms. The molecule has 0 aliphatic rings. The largest absolute Gasteiger partial charge is 0.481 e. The van der Waals surface area contributed by atoms with E-state index in [1.165, 1.54) is 0 Å². The van der Waals surface area contributed by atoms with Crippen LogP contribution in [-0.4, -0.2) is 51.8 Å². The third-order valence-electron chi connectivity index (χ3n) is 2.75. The second kappa shape index (κ2) is 10.8. The van der Waals surface area contributed by atoms with Crippen molar-refractivity contribution in [2.24, 2.45) is 0 Å². The Bertz CT molecular complexity index is 481. The van der Waals surface area contributed by atoms with Gasteiger partial charge in [0.05, 0.1) is 0 Å². The Hall–Kier alpha value is -1.82. The van der Waals surface area contributed by atoms with Crippen molar-refractivity contribution >= 4 is 38.7 Å². The van der Waals surface area contributed by atoms with Crippen LogP contribution in [0.3, 0.4) is 0 Å². The lowest BCUT2D eigenvalue weighted by molar-refractivity contribution is -0.143. The van der Waals surface area contributed by atoms with Crippen LogP contribution in [0.5, 0.6) is 0 Å². The molecule has 8 nitrogen and oxygen atoms in total. The summed E-state index contributed by atoms with van der Waals surface area (Å²) in [6, 6.07) is -1.32. The second-order valence-corrected chi connectivity index (χ2v) is 4.90. The average molecular weight is 335 g/mol. The van der Waals surface area contributed by atoms with Crippen LogP contribution in [0.1, 0.15) is 39.9 Å². The Balaban J connectivity index is 4.16. The standard InChI is InChI=1S/C13H20NO7P/c15-8(1-2-9(16)7-22)3-5-11(17)14-10(13(20)21)4-6-12(18)19/h10H,1-7,22H2,(H,14,17)(H,18,19)(H,20,21)/t10-/m1/s1/i7T/t7?,10-. The van der Waals surface area contributed by atoms with Gasteiger partial charge in [0.15, 0.2) is 0 Å². The fraction of sp³-hybridized carbons (Fsp3) is 0.615. The molecule has 0 bridgehead atoms. The topological polar surface area (TPSA) is 138 Å². The maximum atomic E-state index is 11.6. The van der Waals surface area contributed by atoms with Gasteiger partial charge in [-0.1, -0.05) is 0 Å². The number of carbonyl (C=O) groups is 5. The van der Waals surface area contributed by atoms with Crippen LogP contribution in [0.15, 0.2) is 0 Å². The summed E-state index contributed by atoms with van der Waals surface area (Å²) in [4.78, 5) is 55.6. The first kappa shape index (κ1) is 18.2. The fourth-order valence-corrected chi connectivity index (χ4v) is 1.68. The van der Waals surface area contributed by atoms with E-state index in [4.69, 9.17) is 11.6 Å². The summed E-state index contributed by atoms with van der Waals surface area (Å²) in [5.74, 6) is -3.93. The zero-order valence-corrected chi connectivity index (χ0v) is 13.1. The van der Waals surface area contributed by atoms with E-state index in [0.717, 1.165) is 0 Å². The first-order chi connectivity index (χ1) is 10.6. The summed E-state index contributed by atoms with van der Waals surface area (Å²) in [5, 5.41) is 19.5. The van der Waals surface area contributed by atoms with E-state index in [1.807, 2.05) is 9.24 Å². The maximum absolute atomic E-state index is 11.6. The van der Waals surface area contributed by atoms with Gasteiger partial charge >= 0.3 is 11.9 Å². The molecular formula is C13H20NO7P. The minimum Gasteiger partial charge on any atom is -0.481 e. The Morgan fingerprint density at radius 1 is 0.955 bits per heavy atom. The van der Waals surface area contributed by atoms with Gasteiger partial charge in [-0.05, 0) is 6.42 Å². The molecule has 0 rings (SSSR count). The van der Waals surface area contributed by atoms with Crippen molar-refractivity contribution in [1.82, 2.24) is 5.32 Å². The molecule has 0 saturated carbocycles. The number of nitrogens with one attached hydrogen (secondary N) is 1. The summed E-state index contributed by atoms with van der Waals surface area (Å²) in [7, 11) is 2.01. The number of rotatable bonds is 12.